The third-order valence-corrected chi connectivity index (χ3v) is 4.06. The molecule has 1 N–H and O–H groups in total. The molecule has 18 heavy (non-hydrogen) atoms. The summed E-state index contributed by atoms with van der Waals surface area (Å²) in [5, 5.41) is 8.02. The highest BCUT2D eigenvalue weighted by Crippen LogP contribution is 2.43. The predicted molar refractivity (Wildman–Crippen MR) is 75.6 cm³/mol. The second-order valence-corrected chi connectivity index (χ2v) is 6.26. The van der Waals surface area contributed by atoms with E-state index in [0.29, 0.717) is 5.41 Å². The maximum absolute atomic E-state index is 4.38. The van der Waals surface area contributed by atoms with Gasteiger partial charge in [-0.05, 0) is 49.6 Å². The van der Waals surface area contributed by atoms with Gasteiger partial charge in [0.25, 0.3) is 0 Å². The van der Waals surface area contributed by atoms with E-state index in [1.165, 1.54) is 37.8 Å². The Morgan fingerprint density at radius 2 is 2.22 bits per heavy atom. The molecule has 3 heteroatoms. The molecule has 0 spiro atoms. The van der Waals surface area contributed by atoms with Crippen LogP contribution in [-0.4, -0.2) is 22.9 Å². The fourth-order valence-corrected chi connectivity index (χ4v) is 2.82. The minimum atomic E-state index is 0.510. The first-order chi connectivity index (χ1) is 8.63. The van der Waals surface area contributed by atoms with Crippen molar-refractivity contribution in [1.29, 1.82) is 0 Å². The number of aryl methyl sites for hydroxylation is 1. The summed E-state index contributed by atoms with van der Waals surface area (Å²) >= 11 is 0. The lowest BCUT2D eigenvalue weighted by Gasteiger charge is -2.42. The molecule has 102 valence electrons. The number of hydrogen-bond acceptors (Lipinski definition) is 2. The normalized spacial score (nSPS) is 18.0. The van der Waals surface area contributed by atoms with Gasteiger partial charge in [0.15, 0.2) is 0 Å². The molecule has 1 heterocycles. The predicted octanol–water partition coefficient (Wildman–Crippen LogP) is 2.86. The number of hydrogen-bond donors (Lipinski definition) is 1. The number of aromatic nitrogens is 2. The molecule has 0 saturated heterocycles. The van der Waals surface area contributed by atoms with E-state index in [1.54, 1.807) is 0 Å². The van der Waals surface area contributed by atoms with Gasteiger partial charge in [-0.25, -0.2) is 0 Å². The Labute approximate surface area is 111 Å². The van der Waals surface area contributed by atoms with Crippen molar-refractivity contribution in [1.82, 2.24) is 15.1 Å². The van der Waals surface area contributed by atoms with Crippen molar-refractivity contribution >= 4 is 0 Å². The van der Waals surface area contributed by atoms with Crippen LogP contribution >= 0.6 is 0 Å². The molecule has 2 rings (SSSR count). The van der Waals surface area contributed by atoms with Crippen LogP contribution in [0.25, 0.3) is 0 Å². The van der Waals surface area contributed by atoms with E-state index in [-0.39, 0.29) is 0 Å². The van der Waals surface area contributed by atoms with Gasteiger partial charge in [0.1, 0.15) is 0 Å². The summed E-state index contributed by atoms with van der Waals surface area (Å²) in [5.74, 6) is 0.741. The van der Waals surface area contributed by atoms with Crippen LogP contribution in [0.4, 0.5) is 0 Å². The maximum Gasteiger partial charge on any atom is 0.0521 e. The quantitative estimate of drug-likeness (QED) is 0.805. The summed E-state index contributed by atoms with van der Waals surface area (Å²) in [4.78, 5) is 0. The summed E-state index contributed by atoms with van der Waals surface area (Å²) in [6.07, 6.45) is 9.59. The molecule has 0 atom stereocenters. The van der Waals surface area contributed by atoms with E-state index in [9.17, 15) is 0 Å². The van der Waals surface area contributed by atoms with Crippen LogP contribution in [-0.2, 0) is 13.0 Å². The molecule has 0 aliphatic heterocycles. The zero-order valence-corrected chi connectivity index (χ0v) is 12.1. The minimum Gasteiger partial charge on any atom is -0.316 e. The average molecular weight is 249 g/mol. The van der Waals surface area contributed by atoms with Gasteiger partial charge in [-0.1, -0.05) is 20.3 Å². The van der Waals surface area contributed by atoms with Gasteiger partial charge in [-0.15, -0.1) is 0 Å². The molecule has 0 aromatic carbocycles. The Morgan fingerprint density at radius 3 is 2.72 bits per heavy atom. The summed E-state index contributed by atoms with van der Waals surface area (Å²) < 4.78 is 2.03. The average Bonchev–Trinajstić information content (AvgIpc) is 2.72. The Bertz CT molecular complexity index is 364. The van der Waals surface area contributed by atoms with E-state index in [2.05, 4.69) is 37.4 Å². The van der Waals surface area contributed by atoms with Crippen molar-refractivity contribution < 1.29 is 0 Å². The van der Waals surface area contributed by atoms with Gasteiger partial charge >= 0.3 is 0 Å². The van der Waals surface area contributed by atoms with Crippen molar-refractivity contribution in [2.45, 2.75) is 53.0 Å². The number of nitrogens with zero attached hydrogens (tertiary/aromatic N) is 2. The van der Waals surface area contributed by atoms with E-state index in [1.807, 2.05) is 10.9 Å². The maximum atomic E-state index is 4.38. The van der Waals surface area contributed by atoms with Crippen LogP contribution in [0.5, 0.6) is 0 Å². The number of rotatable bonds is 7. The van der Waals surface area contributed by atoms with Gasteiger partial charge in [0.2, 0.25) is 0 Å². The van der Waals surface area contributed by atoms with Crippen molar-refractivity contribution in [2.75, 3.05) is 13.1 Å². The van der Waals surface area contributed by atoms with Crippen LogP contribution in [0, 0.1) is 11.3 Å². The fourth-order valence-electron chi connectivity index (χ4n) is 2.82. The molecular weight excluding hydrogens is 222 g/mol. The highest BCUT2D eigenvalue weighted by atomic mass is 15.3. The SMILES string of the molecule is CCn1cc(CC2(CNCC(C)C)CCC2)cn1. The molecule has 1 aromatic heterocycles. The largest absolute Gasteiger partial charge is 0.316 e. The minimum absolute atomic E-state index is 0.510. The first-order valence-corrected chi connectivity index (χ1v) is 7.35. The lowest BCUT2D eigenvalue weighted by molar-refractivity contribution is 0.129. The van der Waals surface area contributed by atoms with E-state index < -0.39 is 0 Å². The van der Waals surface area contributed by atoms with Crippen LogP contribution in [0.15, 0.2) is 12.4 Å². The highest BCUT2D eigenvalue weighted by molar-refractivity contribution is 5.10. The third-order valence-electron chi connectivity index (χ3n) is 4.06. The smallest absolute Gasteiger partial charge is 0.0521 e. The second kappa shape index (κ2) is 5.87. The fraction of sp³-hybridized carbons (Fsp3) is 0.800. The summed E-state index contributed by atoms with van der Waals surface area (Å²) in [7, 11) is 0. The van der Waals surface area contributed by atoms with Gasteiger partial charge in [-0.2, -0.15) is 5.10 Å². The van der Waals surface area contributed by atoms with Crippen LogP contribution in [0.3, 0.4) is 0 Å². The third kappa shape index (κ3) is 3.35. The van der Waals surface area contributed by atoms with Crippen molar-refractivity contribution in [3.63, 3.8) is 0 Å². The Hall–Kier alpha value is -0.830. The standard InChI is InChI=1S/C15H27N3/c1-4-18-11-14(10-17-18)8-15(6-5-7-15)12-16-9-13(2)3/h10-11,13,16H,4-9,12H2,1-3H3. The first kappa shape index (κ1) is 13.6. The van der Waals surface area contributed by atoms with E-state index in [4.69, 9.17) is 0 Å². The lowest BCUT2D eigenvalue weighted by atomic mass is 9.65. The lowest BCUT2D eigenvalue weighted by Crippen LogP contribution is -2.42. The van der Waals surface area contributed by atoms with Crippen molar-refractivity contribution in [2.24, 2.45) is 11.3 Å². The molecule has 0 radical (unpaired) electrons. The Morgan fingerprint density at radius 1 is 1.44 bits per heavy atom. The van der Waals surface area contributed by atoms with Gasteiger partial charge < -0.3 is 5.32 Å². The molecule has 1 aromatic rings. The van der Waals surface area contributed by atoms with Crippen molar-refractivity contribution in [3.8, 4) is 0 Å². The molecule has 0 unspecified atom stereocenters. The molecule has 1 aliphatic rings. The van der Waals surface area contributed by atoms with E-state index >= 15 is 0 Å². The molecule has 0 amide bonds. The molecule has 1 saturated carbocycles. The first-order valence-electron chi connectivity index (χ1n) is 7.35. The van der Waals surface area contributed by atoms with Crippen LogP contribution in [0.2, 0.25) is 0 Å². The second-order valence-electron chi connectivity index (χ2n) is 6.26. The monoisotopic (exact) mass is 249 g/mol. The van der Waals surface area contributed by atoms with Crippen LogP contribution < -0.4 is 5.32 Å². The molecule has 0 bridgehead atoms. The molecule has 1 fully saturated rings. The zero-order valence-electron chi connectivity index (χ0n) is 12.1. The molecular formula is C15H27N3. The van der Waals surface area contributed by atoms with Crippen molar-refractivity contribution in [3.05, 3.63) is 18.0 Å². The molecule has 1 aliphatic carbocycles. The Kier molecular flexibility index (Phi) is 4.44. The highest BCUT2D eigenvalue weighted by Gasteiger charge is 2.36. The van der Waals surface area contributed by atoms with Crippen LogP contribution in [0.1, 0.15) is 45.6 Å². The summed E-state index contributed by atoms with van der Waals surface area (Å²) in [6, 6.07) is 0. The van der Waals surface area contributed by atoms with Gasteiger partial charge in [-0.3, -0.25) is 4.68 Å². The molecule has 3 nitrogen and oxygen atoms in total. The summed E-state index contributed by atoms with van der Waals surface area (Å²) in [5.41, 5.74) is 1.92. The van der Waals surface area contributed by atoms with Gasteiger partial charge in [0.05, 0.1) is 6.20 Å². The number of nitrogens with one attached hydrogen (secondary N) is 1. The zero-order chi connectivity index (χ0) is 13.0. The summed E-state index contributed by atoms with van der Waals surface area (Å²) in [6.45, 7) is 9.95. The topological polar surface area (TPSA) is 29.9 Å². The van der Waals surface area contributed by atoms with Gasteiger partial charge in [0, 0.05) is 19.3 Å². The Balaban J connectivity index is 1.87. The van der Waals surface area contributed by atoms with E-state index in [0.717, 1.165) is 19.0 Å².